The van der Waals surface area contributed by atoms with Gasteiger partial charge in [-0.1, -0.05) is 120 Å². The van der Waals surface area contributed by atoms with Gasteiger partial charge in [0.05, 0.1) is 50.5 Å². The molecule has 4 aliphatic carbocycles. The highest BCUT2D eigenvalue weighted by molar-refractivity contribution is 7.88. The van der Waals surface area contributed by atoms with E-state index >= 15 is 0 Å². The Morgan fingerprint density at radius 2 is 1.01 bits per heavy atom. The minimum absolute atomic E-state index is 0.00348. The van der Waals surface area contributed by atoms with Gasteiger partial charge >= 0.3 is 12.2 Å². The van der Waals surface area contributed by atoms with Crippen LogP contribution in [-0.2, 0) is 58.4 Å². The summed E-state index contributed by atoms with van der Waals surface area (Å²) in [5.74, 6) is -0.235. The van der Waals surface area contributed by atoms with Crippen molar-refractivity contribution in [3.05, 3.63) is 131 Å². The molecule has 6 aromatic rings. The van der Waals surface area contributed by atoms with Gasteiger partial charge in [-0.25, -0.2) is 36.4 Å². The molecular weight excluding hydrogens is 1070 g/mol. The van der Waals surface area contributed by atoms with Crippen LogP contribution in [0.5, 0.6) is 0 Å². The van der Waals surface area contributed by atoms with Gasteiger partial charge in [0.2, 0.25) is 31.9 Å². The first-order valence-electron chi connectivity index (χ1n) is 27.3. The number of aromatic nitrogens is 4. The van der Waals surface area contributed by atoms with Crippen LogP contribution in [0.2, 0.25) is 0 Å². The van der Waals surface area contributed by atoms with E-state index in [9.17, 15) is 36.0 Å². The van der Waals surface area contributed by atoms with E-state index in [1.807, 2.05) is 52.0 Å². The molecular formula is C59H72N10O10S2. The quantitative estimate of drug-likeness (QED) is 0.0839. The second-order valence-corrected chi connectivity index (χ2v) is 26.0. The predicted octanol–water partition coefficient (Wildman–Crippen LogP) is 7.30. The fourth-order valence-electron chi connectivity index (χ4n) is 11.2. The van der Waals surface area contributed by atoms with E-state index in [4.69, 9.17) is 19.4 Å². The average molecular weight is 1150 g/mol. The van der Waals surface area contributed by atoms with E-state index in [1.54, 1.807) is 22.2 Å². The first kappa shape index (κ1) is 58.3. The number of imidazole rings is 2. The molecule has 2 aromatic heterocycles. The van der Waals surface area contributed by atoms with Gasteiger partial charge in [-0.2, -0.15) is 8.61 Å². The first-order valence-corrected chi connectivity index (χ1v) is 31.0. The molecule has 6 aliphatic rings. The Bertz CT molecular complexity index is 3530. The number of H-pyrrole nitrogens is 2. The lowest BCUT2D eigenvalue weighted by atomic mass is 9.84. The molecule has 0 saturated carbocycles. The smallest absolute Gasteiger partial charge is 0.407 e. The number of hydrogen-bond acceptors (Lipinski definition) is 12. The van der Waals surface area contributed by atoms with Crippen LogP contribution in [0.25, 0.3) is 44.8 Å². The van der Waals surface area contributed by atoms with E-state index < -0.39 is 56.4 Å². The number of hydrogen-bond donors (Lipinski definition) is 4. The Balaban J connectivity index is 0.923. The fourth-order valence-corrected chi connectivity index (χ4v) is 12.8. The van der Waals surface area contributed by atoms with Gasteiger partial charge in [0.1, 0.15) is 35.8 Å². The molecule has 4 aromatic carbocycles. The topological polar surface area (TPSA) is 249 Å². The Hall–Kier alpha value is -7.40. The number of rotatable bonds is 14. The molecule has 0 spiro atoms. The third kappa shape index (κ3) is 12.9. The zero-order chi connectivity index (χ0) is 58.1. The van der Waals surface area contributed by atoms with Crippen LogP contribution in [0.3, 0.4) is 0 Å². The summed E-state index contributed by atoms with van der Waals surface area (Å²) in [6.45, 7) is 9.96. The normalized spacial score (nSPS) is 19.0. The summed E-state index contributed by atoms with van der Waals surface area (Å²) >= 11 is 0. The van der Waals surface area contributed by atoms with Crippen molar-refractivity contribution >= 4 is 44.0 Å². The highest BCUT2D eigenvalue weighted by Gasteiger charge is 2.42. The lowest BCUT2D eigenvalue weighted by molar-refractivity contribution is -0.139. The minimum atomic E-state index is -3.59. The maximum atomic E-state index is 14.1. The molecule has 5 unspecified atom stereocenters. The van der Waals surface area contributed by atoms with Gasteiger partial charge in [-0.15, -0.1) is 0 Å². The van der Waals surface area contributed by atoms with Crippen molar-refractivity contribution in [1.82, 2.24) is 49.0 Å². The summed E-state index contributed by atoms with van der Waals surface area (Å²) in [4.78, 5) is 72.0. The lowest BCUT2D eigenvalue weighted by Gasteiger charge is -2.41. The highest BCUT2D eigenvalue weighted by atomic mass is 32.2. The fraction of sp³-hybridized carbons (Fsp3) is 0.424. The maximum Gasteiger partial charge on any atom is 0.407 e. The van der Waals surface area contributed by atoms with Crippen LogP contribution in [0.1, 0.15) is 86.5 Å². The molecule has 12 rings (SSSR count). The Kier molecular flexibility index (Phi) is 17.2. The number of amides is 4. The molecule has 4 N–H and O–H groups in total. The van der Waals surface area contributed by atoms with Crippen LogP contribution < -0.4 is 10.6 Å². The summed E-state index contributed by atoms with van der Waals surface area (Å²) in [7, 11) is -4.70. The Morgan fingerprint density at radius 3 is 1.44 bits per heavy atom. The molecule has 430 valence electrons. The molecule has 4 bridgehead atoms. The number of aryl methyl sites for hydroxylation is 2. The summed E-state index contributed by atoms with van der Waals surface area (Å²) < 4.78 is 63.4. The van der Waals surface area contributed by atoms with Gasteiger partial charge < -0.3 is 39.9 Å². The van der Waals surface area contributed by atoms with Crippen molar-refractivity contribution in [2.75, 3.05) is 66.0 Å². The number of aromatic amines is 2. The number of ether oxygens (including phenoxy) is 2. The number of sulfonamides is 2. The van der Waals surface area contributed by atoms with Crippen LogP contribution >= 0.6 is 0 Å². The molecule has 2 fully saturated rings. The number of piperazine rings is 2. The SMILES string of the molecule is COC(=O)NC(C(=O)N1CCN(S(C)(=O)=O)CC1c1ncc(-c2ccc(-c3cc4ccc3CCc3ccc(c(-c5ccc(-c6cnc(C7CN(S(C)(=O)=O)CCN7C(=O)C(NC(=O)OC)C(C)C)[nH]6)cc5)c3)CC4C)cc2)[nH]1)C(C)C. The Morgan fingerprint density at radius 1 is 0.580 bits per heavy atom. The molecule has 5 atom stereocenters. The average Bonchev–Trinajstić information content (AvgIpc) is 4.17. The van der Waals surface area contributed by atoms with Crippen molar-refractivity contribution in [1.29, 1.82) is 0 Å². The van der Waals surface area contributed by atoms with Crippen LogP contribution in [-0.4, -0.2) is 157 Å². The van der Waals surface area contributed by atoms with E-state index in [0.29, 0.717) is 23.0 Å². The van der Waals surface area contributed by atoms with Gasteiger partial charge in [0.25, 0.3) is 0 Å². The zero-order valence-electron chi connectivity index (χ0n) is 47.2. The second kappa shape index (κ2) is 24.0. The predicted molar refractivity (Wildman–Crippen MR) is 309 cm³/mol. The van der Waals surface area contributed by atoms with Gasteiger partial charge in [0.15, 0.2) is 0 Å². The number of alkyl carbamates (subject to hydrolysis) is 2. The minimum Gasteiger partial charge on any atom is -0.453 e. The van der Waals surface area contributed by atoms with E-state index in [1.165, 1.54) is 45.1 Å². The Labute approximate surface area is 474 Å². The van der Waals surface area contributed by atoms with Gasteiger partial charge in [-0.3, -0.25) is 9.59 Å². The number of carbonyl (C=O) groups is 4. The first-order chi connectivity index (χ1) is 38.5. The molecule has 2 aliphatic heterocycles. The summed E-state index contributed by atoms with van der Waals surface area (Å²) in [5, 5.41) is 5.30. The van der Waals surface area contributed by atoms with E-state index in [0.717, 1.165) is 65.2 Å². The second-order valence-electron chi connectivity index (χ2n) is 22.1. The maximum absolute atomic E-state index is 14.1. The molecule has 2 saturated heterocycles. The van der Waals surface area contributed by atoms with E-state index in [2.05, 4.69) is 88.2 Å². The van der Waals surface area contributed by atoms with Crippen molar-refractivity contribution in [2.24, 2.45) is 11.8 Å². The standard InChI is InChI=1S/C59H72N10O10S2/c1-35(2)52(64-58(72)78-6)56(70)68-26-24-66(80(8,74)75)33-50(68)54-60-31-48(62-54)42-19-14-40(15-20-42)46-29-38-10-12-39-18-23-44(37(5)28-45(46)13-11-38)30-47(39)41-16-21-43(22-17-41)49-32-61-55(63-49)51-34-67(81(9,76)77)25-27-69(51)57(71)53(36(3)4)65-59(73)79-7/h11,13-23,29-32,35-37,50-53H,10,12,24-28,33-34H2,1-9H3,(H,60,62)(H,61,63)(H,64,72)(H,65,73). The third-order valence-corrected chi connectivity index (χ3v) is 18.4. The largest absolute Gasteiger partial charge is 0.453 e. The van der Waals surface area contributed by atoms with Crippen LogP contribution in [0.4, 0.5) is 9.59 Å². The zero-order valence-corrected chi connectivity index (χ0v) is 48.9. The van der Waals surface area contributed by atoms with Crippen molar-refractivity contribution < 1.29 is 45.5 Å². The number of methoxy groups -OCH3 is 2. The third-order valence-electron chi connectivity index (χ3n) is 15.9. The number of carbonyl (C=O) groups excluding carboxylic acids is 4. The monoisotopic (exact) mass is 1140 g/mol. The highest BCUT2D eigenvalue weighted by Crippen LogP contribution is 2.37. The molecule has 20 nitrogen and oxygen atoms in total. The lowest BCUT2D eigenvalue weighted by Crippen LogP contribution is -2.58. The summed E-state index contributed by atoms with van der Waals surface area (Å²) in [5.41, 5.74) is 12.5. The number of benzene rings is 4. The van der Waals surface area contributed by atoms with E-state index in [-0.39, 0.29) is 68.8 Å². The number of nitrogens with zero attached hydrogens (tertiary/aromatic N) is 6. The summed E-state index contributed by atoms with van der Waals surface area (Å²) in [6, 6.07) is 26.9. The molecule has 22 heteroatoms. The van der Waals surface area contributed by atoms with Crippen molar-refractivity contribution in [3.63, 3.8) is 0 Å². The van der Waals surface area contributed by atoms with Crippen LogP contribution in [0, 0.1) is 11.8 Å². The van der Waals surface area contributed by atoms with Crippen molar-refractivity contribution in [3.8, 4) is 44.8 Å². The molecule has 4 heterocycles. The molecule has 81 heavy (non-hydrogen) atoms. The van der Waals surface area contributed by atoms with Crippen LogP contribution in [0.15, 0.2) is 97.3 Å². The number of nitrogens with one attached hydrogen (secondary N) is 4. The summed E-state index contributed by atoms with van der Waals surface area (Å²) in [6.07, 6.45) is 6.63. The van der Waals surface area contributed by atoms with Gasteiger partial charge in [0, 0.05) is 39.3 Å². The van der Waals surface area contributed by atoms with Crippen molar-refractivity contribution in [2.45, 2.75) is 84.0 Å². The molecule has 0 radical (unpaired) electrons. The molecule has 4 amide bonds. The van der Waals surface area contributed by atoms with Gasteiger partial charge in [-0.05, 0) is 92.7 Å².